The fourth-order valence-electron chi connectivity index (χ4n) is 1.74. The van der Waals surface area contributed by atoms with Crippen LogP contribution in [-0.2, 0) is 14.4 Å². The van der Waals surface area contributed by atoms with E-state index in [4.69, 9.17) is 5.11 Å². The molecule has 1 saturated heterocycles. The topological polar surface area (TPSA) is 86.7 Å². The average molecular weight is 244 g/mol. The van der Waals surface area contributed by atoms with Crippen molar-refractivity contribution in [3.63, 3.8) is 0 Å². The van der Waals surface area contributed by atoms with Crippen LogP contribution in [0.4, 0.5) is 0 Å². The van der Waals surface area contributed by atoms with Gasteiger partial charge in [-0.3, -0.25) is 9.59 Å². The van der Waals surface area contributed by atoms with Crippen LogP contribution in [0.1, 0.15) is 33.6 Å². The molecule has 1 aliphatic heterocycles. The lowest BCUT2D eigenvalue weighted by molar-refractivity contribution is -0.150. The number of carboxylic acid groups (broad SMARTS) is 1. The van der Waals surface area contributed by atoms with Crippen molar-refractivity contribution in [2.24, 2.45) is 0 Å². The predicted octanol–water partition coefficient (Wildman–Crippen LogP) is 0.224. The van der Waals surface area contributed by atoms with Gasteiger partial charge in [0.1, 0.15) is 5.54 Å². The first-order valence-electron chi connectivity index (χ1n) is 5.72. The predicted molar refractivity (Wildman–Crippen MR) is 62.4 cm³/mol. The van der Waals surface area contributed by atoms with Gasteiger partial charge in [-0.15, -0.1) is 0 Å². The summed E-state index contributed by atoms with van der Waals surface area (Å²) in [6, 6.07) is 0. The van der Waals surface area contributed by atoms with E-state index in [0.717, 1.165) is 0 Å². The van der Waals surface area contributed by atoms with Crippen molar-refractivity contribution < 1.29 is 19.5 Å². The fraction of sp³-hybridized carbons (Fsp3) is 0.727. The van der Waals surface area contributed by atoms with Gasteiger partial charge in [-0.1, -0.05) is 13.8 Å². The lowest BCUT2D eigenvalue weighted by Crippen LogP contribution is -2.59. The Morgan fingerprint density at radius 2 is 1.76 bits per heavy atom. The first-order chi connectivity index (χ1) is 8.00. The first kappa shape index (κ1) is 15.4. The molecule has 1 rings (SSSR count). The van der Waals surface area contributed by atoms with E-state index in [1.54, 1.807) is 0 Å². The van der Waals surface area contributed by atoms with Gasteiger partial charge in [-0.2, -0.15) is 0 Å². The number of rotatable bonds is 3. The fourth-order valence-corrected chi connectivity index (χ4v) is 1.74. The molecule has 17 heavy (non-hydrogen) atoms. The zero-order chi connectivity index (χ0) is 13.5. The van der Waals surface area contributed by atoms with Gasteiger partial charge in [0, 0.05) is 20.0 Å². The van der Waals surface area contributed by atoms with Crippen molar-refractivity contribution in [1.29, 1.82) is 0 Å². The van der Waals surface area contributed by atoms with Crippen molar-refractivity contribution in [2.45, 2.75) is 39.2 Å². The first-order valence-corrected chi connectivity index (χ1v) is 5.72. The van der Waals surface area contributed by atoms with Crippen molar-refractivity contribution >= 4 is 18.3 Å². The molecule has 1 aliphatic rings. The van der Waals surface area contributed by atoms with Gasteiger partial charge in [-0.05, 0) is 12.8 Å². The quantitative estimate of drug-likeness (QED) is 0.695. The van der Waals surface area contributed by atoms with E-state index in [0.29, 0.717) is 19.5 Å². The molecule has 1 fully saturated rings. The number of piperidine rings is 1. The molecule has 98 valence electrons. The SMILES string of the molecule is CC.CC(=O)NC1(C(=O)O)CCN(C=O)CC1. The molecular weight excluding hydrogens is 224 g/mol. The number of aliphatic carboxylic acids is 1. The highest BCUT2D eigenvalue weighted by Crippen LogP contribution is 2.21. The van der Waals surface area contributed by atoms with Gasteiger partial charge in [0.25, 0.3) is 0 Å². The summed E-state index contributed by atoms with van der Waals surface area (Å²) in [6.07, 6.45) is 1.20. The summed E-state index contributed by atoms with van der Waals surface area (Å²) in [5.74, 6) is -1.40. The molecule has 0 spiro atoms. The van der Waals surface area contributed by atoms with E-state index >= 15 is 0 Å². The minimum atomic E-state index is -1.20. The smallest absolute Gasteiger partial charge is 0.329 e. The summed E-state index contributed by atoms with van der Waals surface area (Å²) in [4.78, 5) is 34.0. The molecule has 0 saturated carbocycles. The Morgan fingerprint density at radius 1 is 1.29 bits per heavy atom. The number of carboxylic acids is 1. The summed E-state index contributed by atoms with van der Waals surface area (Å²) in [7, 11) is 0. The number of nitrogens with zero attached hydrogens (tertiary/aromatic N) is 1. The molecule has 0 bridgehead atoms. The second kappa shape index (κ2) is 6.88. The molecule has 0 aliphatic carbocycles. The molecule has 6 nitrogen and oxygen atoms in total. The second-order valence-corrected chi connectivity index (χ2v) is 3.71. The largest absolute Gasteiger partial charge is 0.480 e. The lowest BCUT2D eigenvalue weighted by atomic mass is 9.87. The van der Waals surface area contributed by atoms with Crippen molar-refractivity contribution in [3.05, 3.63) is 0 Å². The minimum Gasteiger partial charge on any atom is -0.480 e. The van der Waals surface area contributed by atoms with Crippen molar-refractivity contribution in [3.8, 4) is 0 Å². The number of amides is 2. The zero-order valence-corrected chi connectivity index (χ0v) is 10.5. The maximum Gasteiger partial charge on any atom is 0.329 e. The molecule has 0 aromatic carbocycles. The van der Waals surface area contributed by atoms with Crippen LogP contribution < -0.4 is 5.32 Å². The highest BCUT2D eigenvalue weighted by Gasteiger charge is 2.42. The molecule has 1 heterocycles. The summed E-state index contributed by atoms with van der Waals surface area (Å²) in [5, 5.41) is 11.5. The second-order valence-electron chi connectivity index (χ2n) is 3.71. The number of hydrogen-bond donors (Lipinski definition) is 2. The normalized spacial score (nSPS) is 17.5. The Morgan fingerprint density at radius 3 is 2.06 bits per heavy atom. The molecule has 0 atom stereocenters. The van der Waals surface area contributed by atoms with Crippen LogP contribution >= 0.6 is 0 Å². The Kier molecular flexibility index (Phi) is 6.23. The van der Waals surface area contributed by atoms with E-state index in [-0.39, 0.29) is 18.7 Å². The monoisotopic (exact) mass is 244 g/mol. The number of likely N-dealkylation sites (tertiary alicyclic amines) is 1. The average Bonchev–Trinajstić information content (AvgIpc) is 2.31. The van der Waals surface area contributed by atoms with E-state index in [2.05, 4.69) is 5.32 Å². The van der Waals surface area contributed by atoms with E-state index in [1.807, 2.05) is 13.8 Å². The van der Waals surface area contributed by atoms with Gasteiger partial charge in [0.05, 0.1) is 0 Å². The van der Waals surface area contributed by atoms with Crippen LogP contribution in [0.2, 0.25) is 0 Å². The van der Waals surface area contributed by atoms with Crippen LogP contribution in [0.15, 0.2) is 0 Å². The minimum absolute atomic E-state index is 0.251. The molecule has 2 N–H and O–H groups in total. The number of hydrogen-bond acceptors (Lipinski definition) is 3. The molecule has 0 radical (unpaired) electrons. The van der Waals surface area contributed by atoms with Crippen LogP contribution in [0.25, 0.3) is 0 Å². The third kappa shape index (κ3) is 4.05. The third-order valence-electron chi connectivity index (χ3n) is 2.63. The third-order valence-corrected chi connectivity index (χ3v) is 2.63. The highest BCUT2D eigenvalue weighted by atomic mass is 16.4. The van der Waals surface area contributed by atoms with Gasteiger partial charge in [0.2, 0.25) is 12.3 Å². The van der Waals surface area contributed by atoms with Crippen molar-refractivity contribution in [1.82, 2.24) is 10.2 Å². The van der Waals surface area contributed by atoms with Crippen LogP contribution in [0.5, 0.6) is 0 Å². The standard InChI is InChI=1S/C9H14N2O4.C2H6/c1-7(13)10-9(8(14)15)2-4-11(6-12)5-3-9;1-2/h6H,2-5H2,1H3,(H,10,13)(H,14,15);1-2H3. The number of carbonyl (C=O) groups is 3. The Balaban J connectivity index is 0.00000121. The van der Waals surface area contributed by atoms with Gasteiger partial charge >= 0.3 is 5.97 Å². The van der Waals surface area contributed by atoms with Crippen LogP contribution in [0, 0.1) is 0 Å². The molecule has 0 aromatic heterocycles. The molecule has 2 amide bonds. The van der Waals surface area contributed by atoms with E-state index in [1.165, 1.54) is 11.8 Å². The highest BCUT2D eigenvalue weighted by molar-refractivity contribution is 5.86. The zero-order valence-electron chi connectivity index (χ0n) is 10.5. The lowest BCUT2D eigenvalue weighted by Gasteiger charge is -2.37. The van der Waals surface area contributed by atoms with Gasteiger partial charge in [0.15, 0.2) is 0 Å². The number of nitrogens with one attached hydrogen (secondary N) is 1. The molecule has 0 aromatic rings. The van der Waals surface area contributed by atoms with Crippen LogP contribution in [-0.4, -0.2) is 46.9 Å². The Hall–Kier alpha value is -1.59. The van der Waals surface area contributed by atoms with Gasteiger partial charge < -0.3 is 15.3 Å². The Bertz CT molecular complexity index is 283. The van der Waals surface area contributed by atoms with E-state index in [9.17, 15) is 14.4 Å². The summed E-state index contributed by atoms with van der Waals surface area (Å²) in [5.41, 5.74) is -1.20. The molecule has 0 unspecified atom stereocenters. The maximum absolute atomic E-state index is 11.1. The van der Waals surface area contributed by atoms with Crippen molar-refractivity contribution in [2.75, 3.05) is 13.1 Å². The molecular formula is C11H20N2O4. The summed E-state index contributed by atoms with van der Waals surface area (Å²) in [6.45, 7) is 6.00. The van der Waals surface area contributed by atoms with Gasteiger partial charge in [-0.25, -0.2) is 4.79 Å². The number of carbonyl (C=O) groups excluding carboxylic acids is 2. The Labute approximate surface area is 101 Å². The molecule has 6 heteroatoms. The summed E-state index contributed by atoms with van der Waals surface area (Å²) < 4.78 is 0. The maximum atomic E-state index is 11.1. The van der Waals surface area contributed by atoms with E-state index < -0.39 is 11.5 Å². The van der Waals surface area contributed by atoms with Crippen LogP contribution in [0.3, 0.4) is 0 Å². The summed E-state index contributed by atoms with van der Waals surface area (Å²) >= 11 is 0.